The van der Waals surface area contributed by atoms with Gasteiger partial charge in [0.2, 0.25) is 5.65 Å². The number of aliphatic hydroxyl groups excluding tert-OH is 1. The molecule has 0 bridgehead atoms. The summed E-state index contributed by atoms with van der Waals surface area (Å²) in [6.07, 6.45) is 1.02. The fourth-order valence-electron chi connectivity index (χ4n) is 4.18. The minimum absolute atomic E-state index is 0.137. The number of halogens is 3. The fourth-order valence-corrected chi connectivity index (χ4v) is 4.18. The van der Waals surface area contributed by atoms with Gasteiger partial charge in [-0.15, -0.1) is 26.8 Å². The zero-order chi connectivity index (χ0) is 25.2. The van der Waals surface area contributed by atoms with Crippen molar-refractivity contribution < 1.29 is 18.3 Å². The Kier molecular flexibility index (Phi) is 5.10. The van der Waals surface area contributed by atoms with E-state index in [1.165, 1.54) is 16.9 Å². The molecule has 2 aromatic heterocycles. The van der Waals surface area contributed by atoms with Gasteiger partial charge in [-0.1, -0.05) is 38.8 Å². The smallest absolute Gasteiger partial charge is 0.391 e. The Morgan fingerprint density at radius 2 is 1.91 bits per heavy atom. The van der Waals surface area contributed by atoms with Gasteiger partial charge in [0.15, 0.2) is 11.3 Å². The molecule has 0 spiro atoms. The average Bonchev–Trinajstić information content (AvgIpc) is 3.34. The van der Waals surface area contributed by atoms with Crippen LogP contribution in [-0.4, -0.2) is 55.4 Å². The van der Waals surface area contributed by atoms with E-state index in [4.69, 9.17) is 11.4 Å². The van der Waals surface area contributed by atoms with Crippen molar-refractivity contribution >= 4 is 17.0 Å². The average molecular weight is 484 g/mol. The fraction of sp³-hybridized carbons (Fsp3) is 0.478. The highest BCUT2D eigenvalue weighted by Crippen LogP contribution is 2.53. The predicted octanol–water partition coefficient (Wildman–Crippen LogP) is 3.30. The highest BCUT2D eigenvalue weighted by atomic mass is 19.4. The number of hydrogen-bond donors (Lipinski definition) is 1. The predicted molar refractivity (Wildman–Crippen MR) is 121 cm³/mol. The molecule has 3 aromatic rings. The number of terminal acetylenes is 1. The van der Waals surface area contributed by atoms with E-state index in [0.717, 1.165) is 0 Å². The molecule has 1 atom stereocenters. The Balaban J connectivity index is 1.62. The zero-order valence-corrected chi connectivity index (χ0v) is 19.4. The van der Waals surface area contributed by atoms with Crippen LogP contribution in [0, 0.1) is 12.3 Å². The minimum atomic E-state index is -4.70. The van der Waals surface area contributed by atoms with Crippen LogP contribution in [0.1, 0.15) is 49.7 Å². The van der Waals surface area contributed by atoms with E-state index in [1.807, 2.05) is 25.7 Å². The van der Waals surface area contributed by atoms with Crippen molar-refractivity contribution in [3.63, 3.8) is 0 Å². The number of anilines is 1. The van der Waals surface area contributed by atoms with E-state index in [0.29, 0.717) is 42.3 Å². The molecule has 182 valence electrons. The van der Waals surface area contributed by atoms with Gasteiger partial charge in [-0.25, -0.2) is 9.97 Å². The number of nitrogens with zero attached hydrogens (tertiary/aromatic N) is 8. The van der Waals surface area contributed by atoms with Crippen LogP contribution in [0.2, 0.25) is 0 Å². The molecule has 12 heteroatoms. The molecule has 5 rings (SSSR count). The zero-order valence-electron chi connectivity index (χ0n) is 19.4. The van der Waals surface area contributed by atoms with Crippen LogP contribution in [0.25, 0.3) is 11.2 Å². The third-order valence-electron chi connectivity index (χ3n) is 6.11. The molecule has 1 aromatic carbocycles. The Morgan fingerprint density at radius 1 is 1.17 bits per heavy atom. The number of aliphatic hydroxyl groups is 1. The van der Waals surface area contributed by atoms with Gasteiger partial charge >= 0.3 is 11.8 Å². The molecule has 4 heterocycles. The summed E-state index contributed by atoms with van der Waals surface area (Å²) in [7, 11) is 0. The summed E-state index contributed by atoms with van der Waals surface area (Å²) in [5, 5.41) is 25.7. The summed E-state index contributed by atoms with van der Waals surface area (Å²) in [5.74, 6) is 3.53. The molecule has 9 nitrogen and oxygen atoms in total. The molecule has 0 aliphatic carbocycles. The van der Waals surface area contributed by atoms with Crippen molar-refractivity contribution in [3.05, 3.63) is 40.7 Å². The van der Waals surface area contributed by atoms with E-state index in [-0.39, 0.29) is 28.7 Å². The van der Waals surface area contributed by atoms with Crippen molar-refractivity contribution in [1.29, 1.82) is 0 Å². The van der Waals surface area contributed by atoms with Crippen LogP contribution in [0.4, 0.5) is 19.0 Å². The third-order valence-corrected chi connectivity index (χ3v) is 6.11. The van der Waals surface area contributed by atoms with Crippen molar-refractivity contribution in [2.75, 3.05) is 18.0 Å². The Labute approximate surface area is 199 Å². The number of fused-ring (bicyclic) bond motifs is 1. The van der Waals surface area contributed by atoms with E-state index in [2.05, 4.69) is 31.3 Å². The van der Waals surface area contributed by atoms with Crippen LogP contribution in [0.3, 0.4) is 0 Å². The molecule has 1 saturated heterocycles. The second-order valence-corrected chi connectivity index (χ2v) is 9.76. The number of alkyl halides is 3. The van der Waals surface area contributed by atoms with E-state index >= 15 is 0 Å². The lowest BCUT2D eigenvalue weighted by molar-refractivity contribution is -0.166. The molecule has 0 unspecified atom stereocenters. The first-order valence-electron chi connectivity index (χ1n) is 11.1. The molecule has 2 aliphatic rings. The molecule has 0 amide bonds. The molecule has 0 saturated carbocycles. The third kappa shape index (κ3) is 3.89. The lowest BCUT2D eigenvalue weighted by atomic mass is 9.93. The summed E-state index contributed by atoms with van der Waals surface area (Å²) in [6, 6.07) is 4.33. The number of benzene rings is 1. The quantitative estimate of drug-likeness (QED) is 0.570. The van der Waals surface area contributed by atoms with E-state index in [1.54, 1.807) is 6.07 Å². The highest BCUT2D eigenvalue weighted by Gasteiger charge is 2.66. The van der Waals surface area contributed by atoms with Gasteiger partial charge in [-0.2, -0.15) is 18.0 Å². The Morgan fingerprint density at radius 3 is 2.49 bits per heavy atom. The summed E-state index contributed by atoms with van der Waals surface area (Å²) in [4.78, 5) is 12.5. The summed E-state index contributed by atoms with van der Waals surface area (Å²) < 4.78 is 41.4. The second-order valence-electron chi connectivity index (χ2n) is 9.76. The Bertz CT molecular complexity index is 1380. The normalized spacial score (nSPS) is 19.4. The van der Waals surface area contributed by atoms with Crippen molar-refractivity contribution in [1.82, 2.24) is 25.0 Å². The molecular weight excluding hydrogens is 461 g/mol. The SMILES string of the molecule is C#Cc1cccc(C2(C(F)(F)F)N=N2)c1Cn1nc2nc(C(C)(C)C)nc(N3CC[C@H](O)C3)c2n1. The van der Waals surface area contributed by atoms with Crippen molar-refractivity contribution in [2.24, 2.45) is 10.2 Å². The van der Waals surface area contributed by atoms with Crippen LogP contribution < -0.4 is 4.90 Å². The Hall–Kier alpha value is -3.59. The second kappa shape index (κ2) is 7.71. The summed E-state index contributed by atoms with van der Waals surface area (Å²) in [6.45, 7) is 6.75. The largest absolute Gasteiger partial charge is 0.442 e. The van der Waals surface area contributed by atoms with Crippen LogP contribution in [0.15, 0.2) is 28.4 Å². The number of β-amino-alcohol motifs (C(OH)–C–C–N with tert-alkyl or cyclic N) is 1. The first kappa shape index (κ1) is 23.2. The van der Waals surface area contributed by atoms with Gasteiger partial charge in [0, 0.05) is 29.6 Å². The van der Waals surface area contributed by atoms with E-state index < -0.39 is 17.9 Å². The topological polar surface area (TPSA) is 105 Å². The van der Waals surface area contributed by atoms with Gasteiger partial charge in [-0.3, -0.25) is 0 Å². The van der Waals surface area contributed by atoms with Crippen LogP contribution in [0.5, 0.6) is 0 Å². The highest BCUT2D eigenvalue weighted by molar-refractivity contribution is 5.82. The lowest BCUT2D eigenvalue weighted by Gasteiger charge is -2.21. The molecular formula is C23H23F3N8O. The monoisotopic (exact) mass is 484 g/mol. The standard InChI is InChI=1S/C23H23F3N8O/c1-5-13-7-6-8-16(22(31-32-22)23(24,25)26)15(13)12-34-29-17-18(30-34)27-20(21(2,3)4)28-19(17)33-10-9-14(35)11-33/h1,6-8,14,35H,9-12H2,2-4H3/t14-/m0/s1. The van der Waals surface area contributed by atoms with E-state index in [9.17, 15) is 18.3 Å². The van der Waals surface area contributed by atoms with Crippen molar-refractivity contribution in [2.45, 2.75) is 57.1 Å². The van der Waals surface area contributed by atoms with Crippen LogP contribution >= 0.6 is 0 Å². The van der Waals surface area contributed by atoms with Gasteiger partial charge < -0.3 is 10.0 Å². The van der Waals surface area contributed by atoms with Crippen molar-refractivity contribution in [3.8, 4) is 12.3 Å². The number of hydrogen-bond acceptors (Lipinski definition) is 8. The number of rotatable bonds is 4. The van der Waals surface area contributed by atoms with Crippen LogP contribution in [-0.2, 0) is 17.6 Å². The minimum Gasteiger partial charge on any atom is -0.391 e. The maximum atomic E-state index is 13.8. The number of aromatic nitrogens is 5. The maximum Gasteiger partial charge on any atom is 0.442 e. The summed E-state index contributed by atoms with van der Waals surface area (Å²) in [5.41, 5.74) is -1.97. The lowest BCUT2D eigenvalue weighted by Crippen LogP contribution is -2.32. The molecule has 35 heavy (non-hydrogen) atoms. The van der Waals surface area contributed by atoms with Gasteiger partial charge in [0.05, 0.1) is 12.6 Å². The molecule has 0 radical (unpaired) electrons. The summed E-state index contributed by atoms with van der Waals surface area (Å²) >= 11 is 0. The first-order valence-corrected chi connectivity index (χ1v) is 11.1. The van der Waals surface area contributed by atoms with Gasteiger partial charge in [0.1, 0.15) is 5.82 Å². The molecule has 1 N–H and O–H groups in total. The maximum absolute atomic E-state index is 13.8. The molecule has 2 aliphatic heterocycles. The molecule has 1 fully saturated rings. The van der Waals surface area contributed by atoms with Gasteiger partial charge in [-0.05, 0) is 18.1 Å². The first-order chi connectivity index (χ1) is 16.4. The van der Waals surface area contributed by atoms with Gasteiger partial charge in [0.25, 0.3) is 0 Å².